The number of aliphatic carboxylic acids is 2. The van der Waals surface area contributed by atoms with Gasteiger partial charge in [-0.3, -0.25) is 9.59 Å². The smallest absolute Gasteiger partial charge is 0.306 e. The van der Waals surface area contributed by atoms with E-state index in [1.165, 1.54) is 0 Å². The number of hydrogen-bond acceptors (Lipinski definition) is 2. The zero-order valence-corrected chi connectivity index (χ0v) is 12.1. The van der Waals surface area contributed by atoms with Gasteiger partial charge in [-0.1, -0.05) is 27.2 Å². The van der Waals surface area contributed by atoms with Crippen LogP contribution in [-0.4, -0.2) is 22.2 Å². The van der Waals surface area contributed by atoms with E-state index in [4.69, 9.17) is 5.11 Å². The van der Waals surface area contributed by atoms with Crippen molar-refractivity contribution in [3.63, 3.8) is 0 Å². The van der Waals surface area contributed by atoms with Crippen LogP contribution in [0.2, 0.25) is 0 Å². The SMILES string of the molecule is CC(C)[C@H]1CC[C@H](C)C[C@@H]1C(CCC(=O)O)C(=O)O. The fourth-order valence-corrected chi connectivity index (χ4v) is 3.54. The molecule has 1 unspecified atom stereocenters. The Morgan fingerprint density at radius 1 is 1.16 bits per heavy atom. The third-order valence-corrected chi connectivity index (χ3v) is 4.58. The van der Waals surface area contributed by atoms with Gasteiger partial charge in [0.05, 0.1) is 5.92 Å². The molecule has 1 rings (SSSR count). The Kier molecular flexibility index (Phi) is 5.83. The number of rotatable bonds is 6. The zero-order chi connectivity index (χ0) is 14.6. The van der Waals surface area contributed by atoms with Crippen molar-refractivity contribution in [3.05, 3.63) is 0 Å². The quantitative estimate of drug-likeness (QED) is 0.776. The molecule has 0 spiro atoms. The predicted octanol–water partition coefficient (Wildman–Crippen LogP) is 3.26. The molecular formula is C15H26O4. The van der Waals surface area contributed by atoms with Crippen molar-refractivity contribution >= 4 is 11.9 Å². The molecule has 0 heterocycles. The van der Waals surface area contributed by atoms with Gasteiger partial charge in [-0.2, -0.15) is 0 Å². The third-order valence-electron chi connectivity index (χ3n) is 4.58. The van der Waals surface area contributed by atoms with Crippen molar-refractivity contribution < 1.29 is 19.8 Å². The van der Waals surface area contributed by atoms with Crippen LogP contribution in [0.15, 0.2) is 0 Å². The van der Waals surface area contributed by atoms with E-state index >= 15 is 0 Å². The van der Waals surface area contributed by atoms with E-state index in [1.807, 2.05) is 0 Å². The van der Waals surface area contributed by atoms with E-state index in [0.717, 1.165) is 19.3 Å². The Bertz CT molecular complexity index is 324. The van der Waals surface area contributed by atoms with E-state index in [2.05, 4.69) is 20.8 Å². The van der Waals surface area contributed by atoms with Crippen molar-refractivity contribution in [2.75, 3.05) is 0 Å². The third kappa shape index (κ3) is 4.51. The van der Waals surface area contributed by atoms with Crippen LogP contribution < -0.4 is 0 Å². The first-order chi connectivity index (χ1) is 8.82. The van der Waals surface area contributed by atoms with Crippen LogP contribution in [0, 0.1) is 29.6 Å². The minimum atomic E-state index is -0.906. The van der Waals surface area contributed by atoms with E-state index in [9.17, 15) is 14.7 Å². The van der Waals surface area contributed by atoms with E-state index in [0.29, 0.717) is 17.8 Å². The summed E-state index contributed by atoms with van der Waals surface area (Å²) in [6.07, 6.45) is 3.35. The first kappa shape index (κ1) is 16.0. The second kappa shape index (κ2) is 6.92. The van der Waals surface area contributed by atoms with Crippen LogP contribution in [0.5, 0.6) is 0 Å². The minimum absolute atomic E-state index is 0.0489. The number of hydrogen-bond donors (Lipinski definition) is 2. The highest BCUT2D eigenvalue weighted by Crippen LogP contribution is 2.43. The normalized spacial score (nSPS) is 29.2. The largest absolute Gasteiger partial charge is 0.481 e. The van der Waals surface area contributed by atoms with E-state index in [1.54, 1.807) is 0 Å². The molecule has 0 aromatic carbocycles. The first-order valence-corrected chi connectivity index (χ1v) is 7.27. The highest BCUT2D eigenvalue weighted by Gasteiger charge is 2.39. The summed E-state index contributed by atoms with van der Waals surface area (Å²) in [5, 5.41) is 18.2. The highest BCUT2D eigenvalue weighted by atomic mass is 16.4. The van der Waals surface area contributed by atoms with Gasteiger partial charge in [0.25, 0.3) is 0 Å². The van der Waals surface area contributed by atoms with Gasteiger partial charge in [0.1, 0.15) is 0 Å². The maximum atomic E-state index is 11.5. The molecule has 0 radical (unpaired) electrons. The Balaban J connectivity index is 2.82. The molecule has 4 atom stereocenters. The van der Waals surface area contributed by atoms with Gasteiger partial charge in [0.15, 0.2) is 0 Å². The maximum Gasteiger partial charge on any atom is 0.306 e. The molecule has 4 heteroatoms. The molecule has 0 aromatic heterocycles. The van der Waals surface area contributed by atoms with Crippen LogP contribution in [0.3, 0.4) is 0 Å². The fourth-order valence-electron chi connectivity index (χ4n) is 3.54. The lowest BCUT2D eigenvalue weighted by Gasteiger charge is -2.40. The molecule has 1 fully saturated rings. The molecule has 0 amide bonds. The van der Waals surface area contributed by atoms with E-state index in [-0.39, 0.29) is 18.8 Å². The van der Waals surface area contributed by atoms with Crippen molar-refractivity contribution in [2.24, 2.45) is 29.6 Å². The second-order valence-corrected chi connectivity index (χ2v) is 6.37. The van der Waals surface area contributed by atoms with Gasteiger partial charge in [-0.25, -0.2) is 0 Å². The molecule has 4 nitrogen and oxygen atoms in total. The summed E-state index contributed by atoms with van der Waals surface area (Å²) in [5.41, 5.74) is 0. The summed E-state index contributed by atoms with van der Waals surface area (Å²) in [6.45, 7) is 6.45. The van der Waals surface area contributed by atoms with Gasteiger partial charge in [-0.05, 0) is 42.9 Å². The molecule has 110 valence electrons. The van der Waals surface area contributed by atoms with Gasteiger partial charge in [-0.15, -0.1) is 0 Å². The van der Waals surface area contributed by atoms with Gasteiger partial charge >= 0.3 is 11.9 Å². The molecule has 19 heavy (non-hydrogen) atoms. The first-order valence-electron chi connectivity index (χ1n) is 7.27. The summed E-state index contributed by atoms with van der Waals surface area (Å²) in [4.78, 5) is 22.2. The van der Waals surface area contributed by atoms with E-state index < -0.39 is 17.9 Å². The summed E-state index contributed by atoms with van der Waals surface area (Å²) in [5.74, 6) is -0.698. The monoisotopic (exact) mass is 270 g/mol. The zero-order valence-electron chi connectivity index (χ0n) is 12.1. The molecule has 1 aliphatic carbocycles. The molecule has 0 saturated heterocycles. The van der Waals surface area contributed by atoms with Crippen molar-refractivity contribution in [1.29, 1.82) is 0 Å². The number of carboxylic acid groups (broad SMARTS) is 2. The molecule has 1 aliphatic rings. The standard InChI is InChI=1S/C15H26O4/c1-9(2)11-5-4-10(3)8-13(11)12(15(18)19)6-7-14(16)17/h9-13H,4-8H2,1-3H3,(H,16,17)(H,18,19)/t10-,11+,12?,13-/m0/s1. The number of carbonyl (C=O) groups is 2. The fraction of sp³-hybridized carbons (Fsp3) is 0.867. The van der Waals surface area contributed by atoms with Crippen LogP contribution in [-0.2, 0) is 9.59 Å². The lowest BCUT2D eigenvalue weighted by atomic mass is 9.64. The minimum Gasteiger partial charge on any atom is -0.481 e. The van der Waals surface area contributed by atoms with Crippen molar-refractivity contribution in [2.45, 2.75) is 52.9 Å². The summed E-state index contributed by atoms with van der Waals surface area (Å²) >= 11 is 0. The molecule has 0 bridgehead atoms. The molecular weight excluding hydrogens is 244 g/mol. The lowest BCUT2D eigenvalue weighted by Crippen LogP contribution is -2.36. The maximum absolute atomic E-state index is 11.5. The van der Waals surface area contributed by atoms with Crippen LogP contribution >= 0.6 is 0 Å². The average molecular weight is 270 g/mol. The van der Waals surface area contributed by atoms with Gasteiger partial charge in [0, 0.05) is 6.42 Å². The molecule has 1 saturated carbocycles. The summed E-state index contributed by atoms with van der Waals surface area (Å²) < 4.78 is 0. The Hall–Kier alpha value is -1.06. The van der Waals surface area contributed by atoms with Crippen molar-refractivity contribution in [1.82, 2.24) is 0 Å². The molecule has 2 N–H and O–H groups in total. The Labute approximate surface area is 115 Å². The number of carboxylic acids is 2. The van der Waals surface area contributed by atoms with Crippen LogP contribution in [0.1, 0.15) is 52.9 Å². The Morgan fingerprint density at radius 3 is 2.26 bits per heavy atom. The van der Waals surface area contributed by atoms with Gasteiger partial charge < -0.3 is 10.2 Å². The molecule has 0 aliphatic heterocycles. The summed E-state index contributed by atoms with van der Waals surface area (Å²) in [7, 11) is 0. The lowest BCUT2D eigenvalue weighted by molar-refractivity contribution is -0.147. The predicted molar refractivity (Wildman–Crippen MR) is 72.8 cm³/mol. The average Bonchev–Trinajstić information content (AvgIpc) is 2.27. The second-order valence-electron chi connectivity index (χ2n) is 6.37. The molecule has 0 aromatic rings. The summed E-state index contributed by atoms with van der Waals surface area (Å²) in [6, 6.07) is 0. The Morgan fingerprint density at radius 2 is 1.79 bits per heavy atom. The van der Waals surface area contributed by atoms with Gasteiger partial charge in [0.2, 0.25) is 0 Å². The topological polar surface area (TPSA) is 74.6 Å². The van der Waals surface area contributed by atoms with Crippen LogP contribution in [0.4, 0.5) is 0 Å². The highest BCUT2D eigenvalue weighted by molar-refractivity contribution is 5.72. The van der Waals surface area contributed by atoms with Crippen molar-refractivity contribution in [3.8, 4) is 0 Å². The van der Waals surface area contributed by atoms with Crippen LogP contribution in [0.25, 0.3) is 0 Å².